The van der Waals surface area contributed by atoms with Crippen LogP contribution in [-0.4, -0.2) is 35.1 Å². The molecule has 5 nitrogen and oxygen atoms in total. The zero-order valence-corrected chi connectivity index (χ0v) is 20.6. The van der Waals surface area contributed by atoms with Gasteiger partial charge in [-0.25, -0.2) is 4.79 Å². The van der Waals surface area contributed by atoms with Crippen LogP contribution < -0.4 is 10.4 Å². The van der Waals surface area contributed by atoms with Crippen molar-refractivity contribution in [3.05, 3.63) is 36.4 Å². The van der Waals surface area contributed by atoms with Crippen molar-refractivity contribution in [3.63, 3.8) is 0 Å². The molecule has 1 fully saturated rings. The predicted octanol–water partition coefficient (Wildman–Crippen LogP) is 5.88. The van der Waals surface area contributed by atoms with Crippen LogP contribution in [0.3, 0.4) is 0 Å². The molecule has 0 bridgehead atoms. The Balaban J connectivity index is 1.68. The molecule has 0 unspecified atom stereocenters. The first-order chi connectivity index (χ1) is 14.3. The van der Waals surface area contributed by atoms with E-state index < -0.39 is 30.0 Å². The predicted molar refractivity (Wildman–Crippen MR) is 127 cm³/mol. The summed E-state index contributed by atoms with van der Waals surface area (Å²) in [7, 11) is -0.419. The molecule has 164 valence electrons. The highest BCUT2D eigenvalue weighted by molar-refractivity contribution is 8.05. The number of anilines is 1. The maximum Gasteiger partial charge on any atom is 0.496 e. The molecule has 1 amide bonds. The summed E-state index contributed by atoms with van der Waals surface area (Å²) >= 11 is 3.34. The second-order valence-electron chi connectivity index (χ2n) is 9.89. The summed E-state index contributed by atoms with van der Waals surface area (Å²) in [6.07, 6.45) is -0.954. The van der Waals surface area contributed by atoms with Crippen molar-refractivity contribution in [1.82, 2.24) is 0 Å². The van der Waals surface area contributed by atoms with Crippen molar-refractivity contribution in [1.29, 1.82) is 0 Å². The first-order valence-corrected chi connectivity index (χ1v) is 11.9. The lowest BCUT2D eigenvalue weighted by Gasteiger charge is -2.34. The summed E-state index contributed by atoms with van der Waals surface area (Å²) in [5.74, 6) is 0. The van der Waals surface area contributed by atoms with E-state index in [4.69, 9.17) is 9.31 Å². The van der Waals surface area contributed by atoms with Crippen LogP contribution >= 0.6 is 23.5 Å². The number of rotatable bonds is 2. The van der Waals surface area contributed by atoms with Gasteiger partial charge in [0.1, 0.15) is 0 Å². The standard InChI is InChI=1S/C23H28BNO4S2/c1-21(2,3)25(20(26)27)14-11-12-16-18(13-14)30-17-10-8-9-15(19(17)31-16)24-28-22(4,5)23(6,7)29-24/h8-13H,1-7H3,(H,26,27). The minimum atomic E-state index is -0.954. The van der Waals surface area contributed by atoms with E-state index in [1.165, 1.54) is 4.90 Å². The van der Waals surface area contributed by atoms with E-state index in [2.05, 4.69) is 39.8 Å². The molecule has 31 heavy (non-hydrogen) atoms. The summed E-state index contributed by atoms with van der Waals surface area (Å²) in [6, 6.07) is 12.1. The molecular weight excluding hydrogens is 429 g/mol. The monoisotopic (exact) mass is 457 g/mol. The van der Waals surface area contributed by atoms with Gasteiger partial charge in [-0.05, 0) is 78.2 Å². The average Bonchev–Trinajstić information content (AvgIpc) is 2.85. The minimum Gasteiger partial charge on any atom is -0.465 e. The quantitative estimate of drug-likeness (QED) is 0.485. The van der Waals surface area contributed by atoms with Crippen LogP contribution in [0.25, 0.3) is 0 Å². The fourth-order valence-electron chi connectivity index (χ4n) is 3.69. The van der Waals surface area contributed by atoms with Gasteiger partial charge >= 0.3 is 13.2 Å². The number of fused-ring (bicyclic) bond motifs is 2. The lowest BCUT2D eigenvalue weighted by atomic mass is 9.79. The lowest BCUT2D eigenvalue weighted by Crippen LogP contribution is -2.45. The third-order valence-corrected chi connectivity index (χ3v) is 8.61. The van der Waals surface area contributed by atoms with Crippen molar-refractivity contribution >= 4 is 47.9 Å². The van der Waals surface area contributed by atoms with E-state index in [1.807, 2.05) is 45.0 Å². The molecule has 0 aliphatic carbocycles. The number of nitrogens with zero attached hydrogens (tertiary/aromatic N) is 1. The van der Waals surface area contributed by atoms with Crippen LogP contribution in [-0.2, 0) is 9.31 Å². The molecule has 2 aromatic rings. The van der Waals surface area contributed by atoms with E-state index in [-0.39, 0.29) is 0 Å². The third kappa shape index (κ3) is 3.99. The summed E-state index contributed by atoms with van der Waals surface area (Å²) in [6.45, 7) is 13.9. The number of amides is 1. The SMILES string of the molecule is CC(C)(C)N(C(=O)O)c1ccc2c(c1)Sc1cccc(B3OC(C)(C)C(C)(C)O3)c1S2. The molecular formula is C23H28BNO4S2. The molecule has 2 aliphatic heterocycles. The van der Waals surface area contributed by atoms with Gasteiger partial charge in [-0.1, -0.05) is 35.7 Å². The maximum absolute atomic E-state index is 11.9. The van der Waals surface area contributed by atoms with Crippen molar-refractivity contribution in [2.45, 2.75) is 84.8 Å². The zero-order chi connectivity index (χ0) is 22.8. The molecule has 2 aromatic carbocycles. The second-order valence-corrected chi connectivity index (χ2v) is 12.0. The topological polar surface area (TPSA) is 59.0 Å². The highest BCUT2D eigenvalue weighted by Gasteiger charge is 2.52. The highest BCUT2D eigenvalue weighted by atomic mass is 32.2. The number of hydrogen-bond acceptors (Lipinski definition) is 5. The fourth-order valence-corrected chi connectivity index (χ4v) is 6.10. The lowest BCUT2D eigenvalue weighted by molar-refractivity contribution is 0.00578. The van der Waals surface area contributed by atoms with E-state index in [0.717, 1.165) is 25.0 Å². The number of carbonyl (C=O) groups is 1. The van der Waals surface area contributed by atoms with Crippen molar-refractivity contribution < 1.29 is 19.2 Å². The van der Waals surface area contributed by atoms with E-state index in [0.29, 0.717) is 5.69 Å². The van der Waals surface area contributed by atoms with Crippen LogP contribution in [0.2, 0.25) is 0 Å². The van der Waals surface area contributed by atoms with Gasteiger partial charge in [0.15, 0.2) is 0 Å². The molecule has 1 saturated heterocycles. The number of carboxylic acid groups (broad SMARTS) is 1. The Morgan fingerprint density at radius 2 is 1.61 bits per heavy atom. The van der Waals surface area contributed by atoms with Crippen LogP contribution in [0, 0.1) is 0 Å². The summed E-state index contributed by atoms with van der Waals surface area (Å²) in [5, 5.41) is 9.75. The summed E-state index contributed by atoms with van der Waals surface area (Å²) in [4.78, 5) is 17.7. The van der Waals surface area contributed by atoms with Gasteiger partial charge in [-0.15, -0.1) is 0 Å². The Morgan fingerprint density at radius 1 is 0.968 bits per heavy atom. The van der Waals surface area contributed by atoms with E-state index in [1.54, 1.807) is 23.5 Å². The first-order valence-electron chi connectivity index (χ1n) is 10.3. The zero-order valence-electron chi connectivity index (χ0n) is 19.0. The fraction of sp³-hybridized carbons (Fsp3) is 0.435. The minimum absolute atomic E-state index is 0.396. The Labute approximate surface area is 193 Å². The summed E-state index contributed by atoms with van der Waals surface area (Å²) in [5.41, 5.74) is 0.386. The van der Waals surface area contributed by atoms with Crippen LogP contribution in [0.1, 0.15) is 48.5 Å². The smallest absolute Gasteiger partial charge is 0.465 e. The first kappa shape index (κ1) is 22.6. The Morgan fingerprint density at radius 3 is 2.19 bits per heavy atom. The van der Waals surface area contributed by atoms with Gasteiger partial charge in [0.2, 0.25) is 0 Å². The molecule has 1 N–H and O–H groups in total. The Hall–Kier alpha value is -1.61. The molecule has 8 heteroatoms. The third-order valence-electron chi connectivity index (χ3n) is 6.00. The highest BCUT2D eigenvalue weighted by Crippen LogP contribution is 2.49. The molecule has 4 rings (SSSR count). The maximum atomic E-state index is 11.9. The van der Waals surface area contributed by atoms with E-state index >= 15 is 0 Å². The number of hydrogen-bond donors (Lipinski definition) is 1. The van der Waals surface area contributed by atoms with Gasteiger partial charge in [0, 0.05) is 30.8 Å². The Kier molecular flexibility index (Phi) is 5.45. The van der Waals surface area contributed by atoms with E-state index in [9.17, 15) is 9.90 Å². The molecule has 0 spiro atoms. The van der Waals surface area contributed by atoms with Crippen LogP contribution in [0.5, 0.6) is 0 Å². The normalized spacial score (nSPS) is 19.0. The van der Waals surface area contributed by atoms with Gasteiger partial charge in [0.05, 0.1) is 11.2 Å². The van der Waals surface area contributed by atoms with Gasteiger partial charge in [-0.3, -0.25) is 4.90 Å². The van der Waals surface area contributed by atoms with Crippen LogP contribution in [0.4, 0.5) is 10.5 Å². The number of benzene rings is 2. The van der Waals surface area contributed by atoms with Gasteiger partial charge in [0.25, 0.3) is 0 Å². The molecule has 0 aromatic heterocycles. The van der Waals surface area contributed by atoms with Gasteiger partial charge in [-0.2, -0.15) is 0 Å². The van der Waals surface area contributed by atoms with Crippen molar-refractivity contribution in [2.75, 3.05) is 4.90 Å². The molecule has 0 atom stereocenters. The Bertz CT molecular complexity index is 1030. The molecule has 2 aliphatic rings. The second kappa shape index (κ2) is 7.47. The van der Waals surface area contributed by atoms with Crippen molar-refractivity contribution in [2.24, 2.45) is 0 Å². The summed E-state index contributed by atoms with van der Waals surface area (Å²) < 4.78 is 12.6. The molecule has 0 saturated carbocycles. The largest absolute Gasteiger partial charge is 0.496 e. The molecule has 0 radical (unpaired) electrons. The molecule has 2 heterocycles. The van der Waals surface area contributed by atoms with Gasteiger partial charge < -0.3 is 14.4 Å². The van der Waals surface area contributed by atoms with Crippen LogP contribution in [0.15, 0.2) is 56.0 Å². The average molecular weight is 457 g/mol. The van der Waals surface area contributed by atoms with Crippen molar-refractivity contribution in [3.8, 4) is 0 Å².